The number of quaternary nitrogens is 2. The lowest BCUT2D eigenvalue weighted by Crippen LogP contribution is -3.00. The van der Waals surface area contributed by atoms with Gasteiger partial charge in [-0.3, -0.25) is 0 Å². The molecule has 4 rings (SSSR count). The highest BCUT2D eigenvalue weighted by Crippen LogP contribution is 2.30. The van der Waals surface area contributed by atoms with Crippen LogP contribution in [0.3, 0.4) is 0 Å². The third-order valence-electron chi connectivity index (χ3n) is 9.01. The molecule has 8 heteroatoms. The fourth-order valence-corrected chi connectivity index (χ4v) is 6.06. The molecule has 2 unspecified atom stereocenters. The van der Waals surface area contributed by atoms with Crippen LogP contribution in [0.2, 0.25) is 0 Å². The highest BCUT2D eigenvalue weighted by molar-refractivity contribution is 5.59. The van der Waals surface area contributed by atoms with Crippen LogP contribution in [0.25, 0.3) is 0 Å². The number of rotatable bonds is 8. The second-order valence-electron chi connectivity index (χ2n) is 12.2. The Morgan fingerprint density at radius 2 is 1.08 bits per heavy atom. The molecule has 0 bridgehead atoms. The van der Waals surface area contributed by atoms with Crippen LogP contribution in [0.1, 0.15) is 30.4 Å². The molecule has 4 N–H and O–H groups in total. The zero-order valence-corrected chi connectivity index (χ0v) is 25.2. The van der Waals surface area contributed by atoms with Crippen LogP contribution in [0.5, 0.6) is 0 Å². The predicted octanol–water partition coefficient (Wildman–Crippen LogP) is -2.12. The van der Waals surface area contributed by atoms with Crippen LogP contribution in [0, 0.1) is 13.8 Å². The Morgan fingerprint density at radius 3 is 1.43 bits per heavy atom. The van der Waals surface area contributed by atoms with E-state index >= 15 is 0 Å². The van der Waals surface area contributed by atoms with Gasteiger partial charge in [0.05, 0.1) is 54.4 Å². The lowest BCUT2D eigenvalue weighted by Gasteiger charge is -2.39. The van der Waals surface area contributed by atoms with Crippen molar-refractivity contribution in [2.75, 3.05) is 88.7 Å². The molecule has 2 aromatic rings. The van der Waals surface area contributed by atoms with Gasteiger partial charge in [-0.25, -0.2) is 0 Å². The van der Waals surface area contributed by atoms with E-state index in [4.69, 9.17) is 11.5 Å². The zero-order valence-electron chi connectivity index (χ0n) is 23.7. The number of hydrogen-bond acceptors (Lipinski definition) is 4. The van der Waals surface area contributed by atoms with Gasteiger partial charge in [-0.15, -0.1) is 0 Å². The van der Waals surface area contributed by atoms with E-state index < -0.39 is 0 Å². The van der Waals surface area contributed by atoms with E-state index in [2.05, 4.69) is 88.2 Å². The number of nitrogen functional groups attached to an aromatic ring is 2. The van der Waals surface area contributed by atoms with Gasteiger partial charge in [-0.05, 0) is 61.4 Å². The summed E-state index contributed by atoms with van der Waals surface area (Å²) in [7, 11) is 9.73. The van der Waals surface area contributed by atoms with Crippen molar-refractivity contribution in [1.82, 2.24) is 0 Å². The van der Waals surface area contributed by atoms with Crippen molar-refractivity contribution >= 4 is 22.7 Å². The molecular formula is C29H48Cl2N6. The van der Waals surface area contributed by atoms with Crippen LogP contribution in [-0.4, -0.2) is 88.5 Å². The number of halogens is 2. The summed E-state index contributed by atoms with van der Waals surface area (Å²) in [4.78, 5) is 5.09. The standard InChI is InChI=1S/C29H48N6.2ClH/c1-22-18-24(8-10-28(22)30)32-14-12-26(20-32)34(3,4)16-7-17-35(5,6)27-13-15-33(21-27)25-9-11-29(31)23(2)19-25;;/h8-11,18-19,26-27H,7,12-17,20-21,30-31H2,1-6H3;2*1H/q+2;;/p-2. The van der Waals surface area contributed by atoms with Gasteiger partial charge in [0.1, 0.15) is 12.1 Å². The van der Waals surface area contributed by atoms with Crippen LogP contribution in [0.4, 0.5) is 22.7 Å². The third kappa shape index (κ3) is 7.17. The normalized spacial score (nSPS) is 20.1. The van der Waals surface area contributed by atoms with Crippen LogP contribution in [0.15, 0.2) is 36.4 Å². The van der Waals surface area contributed by atoms with Crippen molar-refractivity contribution < 1.29 is 33.8 Å². The summed E-state index contributed by atoms with van der Waals surface area (Å²) in [5.41, 5.74) is 18.8. The quantitative estimate of drug-likeness (QED) is 0.291. The largest absolute Gasteiger partial charge is 1.00 e. The van der Waals surface area contributed by atoms with E-state index in [1.165, 1.54) is 54.9 Å². The first-order valence-corrected chi connectivity index (χ1v) is 13.3. The third-order valence-corrected chi connectivity index (χ3v) is 9.01. The van der Waals surface area contributed by atoms with Crippen molar-refractivity contribution in [3.63, 3.8) is 0 Å². The van der Waals surface area contributed by atoms with Gasteiger partial charge in [0.25, 0.3) is 0 Å². The first-order chi connectivity index (χ1) is 16.5. The topological polar surface area (TPSA) is 58.5 Å². The summed E-state index contributed by atoms with van der Waals surface area (Å²) < 4.78 is 2.21. The van der Waals surface area contributed by atoms with Crippen molar-refractivity contribution in [3.05, 3.63) is 47.5 Å². The van der Waals surface area contributed by atoms with Crippen molar-refractivity contribution in [2.24, 2.45) is 0 Å². The van der Waals surface area contributed by atoms with Crippen LogP contribution >= 0.6 is 0 Å². The summed E-state index contributed by atoms with van der Waals surface area (Å²) in [5, 5.41) is 0. The van der Waals surface area contributed by atoms with E-state index in [1.807, 2.05) is 0 Å². The van der Waals surface area contributed by atoms with E-state index in [1.54, 1.807) is 0 Å². The molecule has 0 amide bonds. The molecule has 0 spiro atoms. The molecule has 2 aliphatic rings. The Labute approximate surface area is 237 Å². The summed E-state index contributed by atoms with van der Waals surface area (Å²) >= 11 is 0. The maximum Gasteiger partial charge on any atom is 0.108 e. The Kier molecular flexibility index (Phi) is 10.5. The molecule has 6 nitrogen and oxygen atoms in total. The van der Waals surface area contributed by atoms with E-state index in [-0.39, 0.29) is 24.8 Å². The van der Waals surface area contributed by atoms with Crippen molar-refractivity contribution in [1.29, 1.82) is 0 Å². The number of nitrogens with zero attached hydrogens (tertiary/aromatic N) is 4. The highest BCUT2D eigenvalue weighted by atomic mass is 35.5. The Morgan fingerprint density at radius 1 is 0.703 bits per heavy atom. The average Bonchev–Trinajstić information content (AvgIpc) is 3.48. The van der Waals surface area contributed by atoms with Crippen molar-refractivity contribution in [2.45, 2.75) is 45.2 Å². The number of nitrogens with two attached hydrogens (primary N) is 2. The minimum Gasteiger partial charge on any atom is -1.00 e. The van der Waals surface area contributed by atoms with Gasteiger partial charge in [-0.1, -0.05) is 0 Å². The second kappa shape index (κ2) is 12.3. The summed E-state index contributed by atoms with van der Waals surface area (Å²) in [6, 6.07) is 14.3. The minimum absolute atomic E-state index is 0. The maximum atomic E-state index is 6.04. The number of hydrogen-bond donors (Lipinski definition) is 2. The summed E-state index contributed by atoms with van der Waals surface area (Å²) in [6.45, 7) is 11.2. The fourth-order valence-electron chi connectivity index (χ4n) is 6.06. The number of likely N-dealkylation sites (N-methyl/N-ethyl adjacent to an activating group) is 2. The van der Waals surface area contributed by atoms with Gasteiger partial charge in [0.2, 0.25) is 0 Å². The first kappa shape index (κ1) is 31.4. The van der Waals surface area contributed by atoms with Gasteiger partial charge in [0, 0.05) is 55.1 Å². The number of aryl methyl sites for hydroxylation is 2. The highest BCUT2D eigenvalue weighted by Gasteiger charge is 2.38. The molecule has 2 fully saturated rings. The Hall–Kier alpha value is -1.86. The van der Waals surface area contributed by atoms with E-state index in [0.29, 0.717) is 12.1 Å². The molecule has 2 aliphatic heterocycles. The maximum absolute atomic E-state index is 6.04. The molecule has 2 aromatic carbocycles. The Balaban J connectivity index is 0.00000241. The van der Waals surface area contributed by atoms with Crippen molar-refractivity contribution in [3.8, 4) is 0 Å². The van der Waals surface area contributed by atoms with Crippen LogP contribution in [-0.2, 0) is 0 Å². The van der Waals surface area contributed by atoms with E-state index in [0.717, 1.165) is 46.5 Å². The minimum atomic E-state index is 0. The smallest absolute Gasteiger partial charge is 0.108 e. The predicted molar refractivity (Wildman–Crippen MR) is 151 cm³/mol. The molecule has 0 aliphatic carbocycles. The molecule has 2 saturated heterocycles. The SMILES string of the molecule is Cc1cc(N2CCC([N+](C)(C)CCC[N+](C)(C)C3CCN(c4ccc(N)c(C)c4)C3)C2)ccc1N.[Cl-].[Cl-]. The molecule has 2 heterocycles. The number of anilines is 4. The number of benzene rings is 2. The summed E-state index contributed by atoms with van der Waals surface area (Å²) in [5.74, 6) is 0. The van der Waals surface area contributed by atoms with Crippen LogP contribution < -0.4 is 46.1 Å². The monoisotopic (exact) mass is 550 g/mol. The van der Waals surface area contributed by atoms with Gasteiger partial charge >= 0.3 is 0 Å². The molecule has 208 valence electrons. The lowest BCUT2D eigenvalue weighted by molar-refractivity contribution is -0.930. The molecule has 2 atom stereocenters. The molecule has 0 saturated carbocycles. The fraction of sp³-hybridized carbons (Fsp3) is 0.586. The molecule has 0 aromatic heterocycles. The first-order valence-electron chi connectivity index (χ1n) is 13.3. The Bertz CT molecular complexity index is 960. The van der Waals surface area contributed by atoms with Gasteiger partial charge in [-0.2, -0.15) is 0 Å². The second-order valence-corrected chi connectivity index (χ2v) is 12.2. The average molecular weight is 552 g/mol. The zero-order chi connectivity index (χ0) is 25.4. The molecule has 37 heavy (non-hydrogen) atoms. The molecule has 0 radical (unpaired) electrons. The molecular weight excluding hydrogens is 503 g/mol. The van der Waals surface area contributed by atoms with Gasteiger partial charge in [0.15, 0.2) is 0 Å². The van der Waals surface area contributed by atoms with Gasteiger partial charge < -0.3 is 55.0 Å². The van der Waals surface area contributed by atoms with E-state index in [9.17, 15) is 0 Å². The summed E-state index contributed by atoms with van der Waals surface area (Å²) in [6.07, 6.45) is 3.77. The lowest BCUT2D eigenvalue weighted by atomic mass is 10.1.